The number of hydrogen-bond acceptors (Lipinski definition) is 2. The minimum Gasteiger partial charge on any atom is -0.497 e. The van der Waals surface area contributed by atoms with Gasteiger partial charge in [0.05, 0.1) is 7.11 Å². The van der Waals surface area contributed by atoms with Gasteiger partial charge in [-0.25, -0.2) is 0 Å². The highest BCUT2D eigenvalue weighted by Crippen LogP contribution is 2.49. The van der Waals surface area contributed by atoms with Gasteiger partial charge in [0.15, 0.2) is 0 Å². The highest BCUT2D eigenvalue weighted by Gasteiger charge is 2.41. The van der Waals surface area contributed by atoms with E-state index in [1.54, 1.807) is 7.11 Å². The topological polar surface area (TPSA) is 21.3 Å². The molecule has 0 aromatic heterocycles. The van der Waals surface area contributed by atoms with Gasteiger partial charge in [0.2, 0.25) is 0 Å². The van der Waals surface area contributed by atoms with Crippen molar-refractivity contribution in [1.29, 1.82) is 0 Å². The van der Waals surface area contributed by atoms with Crippen LogP contribution in [0.3, 0.4) is 0 Å². The van der Waals surface area contributed by atoms with E-state index in [-0.39, 0.29) is 0 Å². The molecule has 2 rings (SSSR count). The van der Waals surface area contributed by atoms with Gasteiger partial charge in [0.1, 0.15) is 5.75 Å². The summed E-state index contributed by atoms with van der Waals surface area (Å²) in [4.78, 5) is 0. The molecule has 0 saturated heterocycles. The molecule has 0 amide bonds. The molecule has 1 atom stereocenters. The zero-order valence-electron chi connectivity index (χ0n) is 11.8. The predicted octanol–water partition coefficient (Wildman–Crippen LogP) is 3.93. The Hall–Kier alpha value is -1.02. The summed E-state index contributed by atoms with van der Waals surface area (Å²) in [6.45, 7) is 5.69. The number of benzene rings is 1. The standard InChI is InChI=1S/C16H25NO/c1-4-9-16(10-11-16)12-17-13(2)14-5-7-15(18-3)8-6-14/h5-8,13,17H,4,9-12H2,1-3H3. The highest BCUT2D eigenvalue weighted by molar-refractivity contribution is 5.28. The molecule has 0 radical (unpaired) electrons. The first-order chi connectivity index (χ1) is 8.69. The van der Waals surface area contributed by atoms with Gasteiger partial charge in [-0.1, -0.05) is 25.5 Å². The summed E-state index contributed by atoms with van der Waals surface area (Å²) in [7, 11) is 1.71. The molecule has 1 aromatic rings. The Balaban J connectivity index is 1.85. The maximum atomic E-state index is 5.18. The Morgan fingerprint density at radius 3 is 2.44 bits per heavy atom. The Bertz CT molecular complexity index is 367. The molecule has 0 heterocycles. The molecule has 18 heavy (non-hydrogen) atoms. The Morgan fingerprint density at radius 2 is 1.94 bits per heavy atom. The first-order valence-electron chi connectivity index (χ1n) is 7.06. The molecule has 1 unspecified atom stereocenters. The molecule has 0 aliphatic heterocycles. The van der Waals surface area contributed by atoms with Crippen LogP contribution in [0.15, 0.2) is 24.3 Å². The minimum atomic E-state index is 0.422. The molecular weight excluding hydrogens is 222 g/mol. The van der Waals surface area contributed by atoms with Gasteiger partial charge in [0.25, 0.3) is 0 Å². The molecule has 1 aliphatic carbocycles. The zero-order chi connectivity index (χ0) is 13.0. The summed E-state index contributed by atoms with van der Waals surface area (Å²) in [5, 5.41) is 3.68. The number of nitrogens with one attached hydrogen (secondary N) is 1. The number of methoxy groups -OCH3 is 1. The van der Waals surface area contributed by atoms with Crippen molar-refractivity contribution in [2.24, 2.45) is 5.41 Å². The van der Waals surface area contributed by atoms with Crippen molar-refractivity contribution >= 4 is 0 Å². The van der Waals surface area contributed by atoms with Gasteiger partial charge in [-0.05, 0) is 49.3 Å². The van der Waals surface area contributed by atoms with Crippen molar-refractivity contribution in [2.75, 3.05) is 13.7 Å². The molecular formula is C16H25NO. The molecule has 0 bridgehead atoms. The van der Waals surface area contributed by atoms with Crippen molar-refractivity contribution in [3.8, 4) is 5.75 Å². The van der Waals surface area contributed by atoms with Gasteiger partial charge < -0.3 is 10.1 Å². The van der Waals surface area contributed by atoms with Crippen LogP contribution < -0.4 is 10.1 Å². The second-order valence-electron chi connectivity index (χ2n) is 5.63. The van der Waals surface area contributed by atoms with Crippen molar-refractivity contribution in [3.63, 3.8) is 0 Å². The van der Waals surface area contributed by atoms with Crippen molar-refractivity contribution in [2.45, 2.75) is 45.6 Å². The van der Waals surface area contributed by atoms with Gasteiger partial charge in [-0.3, -0.25) is 0 Å². The Kier molecular flexibility index (Phi) is 4.28. The lowest BCUT2D eigenvalue weighted by atomic mass is 9.99. The van der Waals surface area contributed by atoms with E-state index in [0.717, 1.165) is 12.3 Å². The smallest absolute Gasteiger partial charge is 0.118 e. The predicted molar refractivity (Wildman–Crippen MR) is 76.0 cm³/mol. The van der Waals surface area contributed by atoms with Crippen LogP contribution in [0, 0.1) is 5.41 Å². The summed E-state index contributed by atoms with van der Waals surface area (Å²) in [6, 6.07) is 8.79. The van der Waals surface area contributed by atoms with Gasteiger partial charge in [-0.15, -0.1) is 0 Å². The number of hydrogen-bond donors (Lipinski definition) is 1. The van der Waals surface area contributed by atoms with E-state index in [1.165, 1.54) is 31.2 Å². The third-order valence-corrected chi connectivity index (χ3v) is 4.14. The van der Waals surface area contributed by atoms with E-state index in [9.17, 15) is 0 Å². The van der Waals surface area contributed by atoms with E-state index in [0.29, 0.717) is 11.5 Å². The van der Waals surface area contributed by atoms with E-state index in [2.05, 4.69) is 31.3 Å². The molecule has 2 nitrogen and oxygen atoms in total. The quantitative estimate of drug-likeness (QED) is 0.788. The number of rotatable bonds is 7. The average molecular weight is 247 g/mol. The summed E-state index contributed by atoms with van der Waals surface area (Å²) in [5.41, 5.74) is 1.96. The number of ether oxygens (including phenoxy) is 1. The highest BCUT2D eigenvalue weighted by atomic mass is 16.5. The minimum absolute atomic E-state index is 0.422. The van der Waals surface area contributed by atoms with Gasteiger partial charge >= 0.3 is 0 Å². The van der Waals surface area contributed by atoms with Crippen LogP contribution in [0.4, 0.5) is 0 Å². The maximum absolute atomic E-state index is 5.18. The van der Waals surface area contributed by atoms with E-state index >= 15 is 0 Å². The third kappa shape index (κ3) is 3.26. The summed E-state index contributed by atoms with van der Waals surface area (Å²) in [6.07, 6.45) is 5.49. The molecule has 2 heteroatoms. The lowest BCUT2D eigenvalue weighted by molar-refractivity contribution is 0.396. The summed E-state index contributed by atoms with van der Waals surface area (Å²) in [5.74, 6) is 0.926. The lowest BCUT2D eigenvalue weighted by Crippen LogP contribution is -2.26. The fourth-order valence-electron chi connectivity index (χ4n) is 2.60. The van der Waals surface area contributed by atoms with Crippen LogP contribution in [0.25, 0.3) is 0 Å². The third-order valence-electron chi connectivity index (χ3n) is 4.14. The van der Waals surface area contributed by atoms with Gasteiger partial charge in [-0.2, -0.15) is 0 Å². The molecule has 100 valence electrons. The lowest BCUT2D eigenvalue weighted by Gasteiger charge is -2.20. The molecule has 1 aliphatic rings. The molecule has 1 fully saturated rings. The molecule has 1 aromatic carbocycles. The SMILES string of the molecule is CCCC1(CNC(C)c2ccc(OC)cc2)CC1. The van der Waals surface area contributed by atoms with Gasteiger partial charge in [0, 0.05) is 12.6 Å². The molecule has 1 N–H and O–H groups in total. The molecule has 1 saturated carbocycles. The summed E-state index contributed by atoms with van der Waals surface area (Å²) >= 11 is 0. The fraction of sp³-hybridized carbons (Fsp3) is 0.625. The van der Waals surface area contributed by atoms with E-state index in [1.807, 2.05) is 12.1 Å². The fourth-order valence-corrected chi connectivity index (χ4v) is 2.60. The van der Waals surface area contributed by atoms with Crippen molar-refractivity contribution in [1.82, 2.24) is 5.32 Å². The van der Waals surface area contributed by atoms with E-state index in [4.69, 9.17) is 4.74 Å². The van der Waals surface area contributed by atoms with Crippen LogP contribution in [-0.2, 0) is 0 Å². The van der Waals surface area contributed by atoms with Crippen LogP contribution in [0.5, 0.6) is 5.75 Å². The first kappa shape index (κ1) is 13.4. The van der Waals surface area contributed by atoms with Crippen molar-refractivity contribution in [3.05, 3.63) is 29.8 Å². The summed E-state index contributed by atoms with van der Waals surface area (Å²) < 4.78 is 5.18. The van der Waals surface area contributed by atoms with Crippen LogP contribution in [-0.4, -0.2) is 13.7 Å². The zero-order valence-corrected chi connectivity index (χ0v) is 11.8. The monoisotopic (exact) mass is 247 g/mol. The van der Waals surface area contributed by atoms with Crippen LogP contribution >= 0.6 is 0 Å². The Morgan fingerprint density at radius 1 is 1.28 bits per heavy atom. The second kappa shape index (κ2) is 5.75. The molecule has 0 spiro atoms. The van der Waals surface area contributed by atoms with Crippen molar-refractivity contribution < 1.29 is 4.74 Å². The maximum Gasteiger partial charge on any atom is 0.118 e. The largest absolute Gasteiger partial charge is 0.497 e. The van der Waals surface area contributed by atoms with Crippen LogP contribution in [0.1, 0.15) is 51.1 Å². The second-order valence-corrected chi connectivity index (χ2v) is 5.63. The first-order valence-corrected chi connectivity index (χ1v) is 7.06. The average Bonchev–Trinajstić information content (AvgIpc) is 3.17. The van der Waals surface area contributed by atoms with Crippen LogP contribution in [0.2, 0.25) is 0 Å². The Labute approximate surface area is 111 Å². The normalized spacial score (nSPS) is 18.4. The van der Waals surface area contributed by atoms with E-state index < -0.39 is 0 Å².